The number of aliphatic carboxylic acids is 1. The molecule has 1 N–H and O–H groups in total. The molecule has 0 amide bonds. The maximum absolute atomic E-state index is 12.8. The maximum Gasteiger partial charge on any atom is 0.393 e. The van der Waals surface area contributed by atoms with Gasteiger partial charge in [0.15, 0.2) is 0 Å². The van der Waals surface area contributed by atoms with Crippen LogP contribution in [0.2, 0.25) is 0 Å². The molecule has 1 unspecified atom stereocenters. The number of rotatable bonds is 7. The van der Waals surface area contributed by atoms with E-state index in [9.17, 15) is 18.0 Å². The molecule has 0 saturated carbocycles. The Bertz CT molecular complexity index is 531. The molecule has 1 fully saturated rings. The Morgan fingerprint density at radius 2 is 2.00 bits per heavy atom. The van der Waals surface area contributed by atoms with E-state index in [-0.39, 0.29) is 19.4 Å². The summed E-state index contributed by atoms with van der Waals surface area (Å²) in [6, 6.07) is 7.12. The Hall–Kier alpha value is -1.76. The van der Waals surface area contributed by atoms with Gasteiger partial charge in [-0.05, 0) is 43.5 Å². The topological polar surface area (TPSA) is 49.8 Å². The highest BCUT2D eigenvalue weighted by Gasteiger charge is 2.41. The number of carboxylic acids is 1. The zero-order valence-electron chi connectivity index (χ0n) is 13.4. The zero-order chi connectivity index (χ0) is 17.6. The Morgan fingerprint density at radius 1 is 1.29 bits per heavy atom. The maximum atomic E-state index is 12.8. The van der Waals surface area contributed by atoms with Crippen LogP contribution in [0.25, 0.3) is 0 Å². The summed E-state index contributed by atoms with van der Waals surface area (Å²) in [5.41, 5.74) is 0.911. The van der Waals surface area contributed by atoms with Crippen LogP contribution in [0.4, 0.5) is 13.2 Å². The smallest absolute Gasteiger partial charge is 0.393 e. The van der Waals surface area contributed by atoms with Crippen molar-refractivity contribution in [2.75, 3.05) is 26.2 Å². The molecule has 1 saturated heterocycles. The van der Waals surface area contributed by atoms with Gasteiger partial charge in [-0.3, -0.25) is 9.69 Å². The monoisotopic (exact) mass is 345 g/mol. The SMILES string of the molecule is O=C(O)CCc1ccc(OCCN2CCCC(C(F)(F)F)C2)cc1. The summed E-state index contributed by atoms with van der Waals surface area (Å²) in [6.07, 6.45) is -2.82. The van der Waals surface area contributed by atoms with E-state index in [2.05, 4.69) is 0 Å². The van der Waals surface area contributed by atoms with Crippen molar-refractivity contribution in [2.24, 2.45) is 5.92 Å². The summed E-state index contributed by atoms with van der Waals surface area (Å²) in [6.45, 7) is 1.51. The predicted octanol–water partition coefficient (Wildman–Crippen LogP) is 3.36. The van der Waals surface area contributed by atoms with Crippen LogP contribution < -0.4 is 4.74 Å². The summed E-state index contributed by atoms with van der Waals surface area (Å²) >= 11 is 0. The van der Waals surface area contributed by atoms with Crippen LogP contribution in [-0.4, -0.2) is 48.4 Å². The van der Waals surface area contributed by atoms with Crippen LogP contribution in [0, 0.1) is 5.92 Å². The average Bonchev–Trinajstić information content (AvgIpc) is 2.53. The Morgan fingerprint density at radius 3 is 2.62 bits per heavy atom. The van der Waals surface area contributed by atoms with E-state index < -0.39 is 18.1 Å². The van der Waals surface area contributed by atoms with Gasteiger partial charge in [0.25, 0.3) is 0 Å². The standard InChI is InChI=1S/C17H22F3NO3/c18-17(19,20)14-2-1-9-21(12-14)10-11-24-15-6-3-13(4-7-15)5-8-16(22)23/h3-4,6-7,14H,1-2,5,8-12H2,(H,22,23). The third-order valence-corrected chi connectivity index (χ3v) is 4.20. The number of carboxylic acid groups (broad SMARTS) is 1. The minimum atomic E-state index is -4.12. The van der Waals surface area contributed by atoms with E-state index in [0.717, 1.165) is 5.56 Å². The number of benzene rings is 1. The fourth-order valence-corrected chi connectivity index (χ4v) is 2.82. The normalized spacial score (nSPS) is 19.2. The Labute approximate surface area is 139 Å². The fourth-order valence-electron chi connectivity index (χ4n) is 2.82. The van der Waals surface area contributed by atoms with Gasteiger partial charge in [-0.25, -0.2) is 0 Å². The van der Waals surface area contributed by atoms with Crippen LogP contribution in [0.1, 0.15) is 24.8 Å². The number of halogens is 3. The number of aryl methyl sites for hydroxylation is 1. The van der Waals surface area contributed by atoms with Crippen LogP contribution >= 0.6 is 0 Å². The molecule has 0 aromatic heterocycles. The molecule has 4 nitrogen and oxygen atoms in total. The first-order valence-electron chi connectivity index (χ1n) is 8.07. The number of carbonyl (C=O) groups is 1. The Balaban J connectivity index is 1.72. The first-order valence-corrected chi connectivity index (χ1v) is 8.07. The number of alkyl halides is 3. The van der Waals surface area contributed by atoms with Gasteiger partial charge in [-0.2, -0.15) is 13.2 Å². The number of hydrogen-bond donors (Lipinski definition) is 1. The van der Waals surface area contributed by atoms with Gasteiger partial charge in [0.05, 0.1) is 5.92 Å². The molecule has 1 aliphatic rings. The first-order chi connectivity index (χ1) is 11.3. The number of nitrogens with zero attached hydrogens (tertiary/aromatic N) is 1. The highest BCUT2D eigenvalue weighted by molar-refractivity contribution is 5.67. The molecule has 2 rings (SSSR count). The number of piperidine rings is 1. The minimum absolute atomic E-state index is 0.0426. The van der Waals surface area contributed by atoms with Crippen molar-refractivity contribution in [1.29, 1.82) is 0 Å². The van der Waals surface area contributed by atoms with Crippen molar-refractivity contribution in [2.45, 2.75) is 31.9 Å². The quantitative estimate of drug-likeness (QED) is 0.823. The lowest BCUT2D eigenvalue weighted by molar-refractivity contribution is -0.186. The lowest BCUT2D eigenvalue weighted by Crippen LogP contribution is -2.43. The van der Waals surface area contributed by atoms with Gasteiger partial charge in [0.2, 0.25) is 0 Å². The number of hydrogen-bond acceptors (Lipinski definition) is 3. The fraction of sp³-hybridized carbons (Fsp3) is 0.588. The minimum Gasteiger partial charge on any atom is -0.492 e. The molecule has 1 atom stereocenters. The molecule has 134 valence electrons. The van der Waals surface area contributed by atoms with Crippen LogP contribution in [-0.2, 0) is 11.2 Å². The lowest BCUT2D eigenvalue weighted by Gasteiger charge is -2.33. The third-order valence-electron chi connectivity index (χ3n) is 4.20. The van der Waals surface area contributed by atoms with Crippen molar-refractivity contribution >= 4 is 5.97 Å². The molecule has 7 heteroatoms. The Kier molecular flexibility index (Phi) is 6.48. The second kappa shape index (κ2) is 8.37. The second-order valence-electron chi connectivity index (χ2n) is 6.07. The molecule has 1 aromatic rings. The van der Waals surface area contributed by atoms with Crippen LogP contribution in [0.3, 0.4) is 0 Å². The van der Waals surface area contributed by atoms with Gasteiger partial charge in [-0.15, -0.1) is 0 Å². The first kappa shape index (κ1) is 18.6. The summed E-state index contributed by atoms with van der Waals surface area (Å²) < 4.78 is 43.8. The summed E-state index contributed by atoms with van der Waals surface area (Å²) in [7, 11) is 0. The number of likely N-dealkylation sites (tertiary alicyclic amines) is 1. The molecule has 0 spiro atoms. The molecular formula is C17H22F3NO3. The summed E-state index contributed by atoms with van der Waals surface area (Å²) in [5, 5.41) is 8.64. The van der Waals surface area contributed by atoms with Crippen molar-refractivity contribution in [3.05, 3.63) is 29.8 Å². The largest absolute Gasteiger partial charge is 0.492 e. The number of ether oxygens (including phenoxy) is 1. The highest BCUT2D eigenvalue weighted by Crippen LogP contribution is 2.32. The molecule has 1 heterocycles. The summed E-state index contributed by atoms with van der Waals surface area (Å²) in [4.78, 5) is 12.3. The van der Waals surface area contributed by atoms with E-state index in [1.54, 1.807) is 29.2 Å². The van der Waals surface area contributed by atoms with Crippen LogP contribution in [0.5, 0.6) is 5.75 Å². The predicted molar refractivity (Wildman–Crippen MR) is 83.1 cm³/mol. The van der Waals surface area contributed by atoms with Crippen molar-refractivity contribution in [3.63, 3.8) is 0 Å². The van der Waals surface area contributed by atoms with E-state index >= 15 is 0 Å². The van der Waals surface area contributed by atoms with Gasteiger partial charge in [-0.1, -0.05) is 12.1 Å². The van der Waals surface area contributed by atoms with Crippen LogP contribution in [0.15, 0.2) is 24.3 Å². The van der Waals surface area contributed by atoms with Crippen molar-refractivity contribution < 1.29 is 27.8 Å². The molecule has 1 aliphatic heterocycles. The zero-order valence-corrected chi connectivity index (χ0v) is 13.4. The molecule has 1 aromatic carbocycles. The average molecular weight is 345 g/mol. The van der Waals surface area contributed by atoms with Crippen molar-refractivity contribution in [3.8, 4) is 5.75 Å². The van der Waals surface area contributed by atoms with E-state index in [0.29, 0.717) is 38.3 Å². The van der Waals surface area contributed by atoms with Crippen molar-refractivity contribution in [1.82, 2.24) is 4.90 Å². The van der Waals surface area contributed by atoms with E-state index in [1.807, 2.05) is 0 Å². The van der Waals surface area contributed by atoms with Gasteiger partial charge >= 0.3 is 12.1 Å². The van der Waals surface area contributed by atoms with E-state index in [4.69, 9.17) is 9.84 Å². The van der Waals surface area contributed by atoms with Gasteiger partial charge in [0, 0.05) is 19.5 Å². The lowest BCUT2D eigenvalue weighted by atomic mass is 9.98. The second-order valence-corrected chi connectivity index (χ2v) is 6.07. The molecular weight excluding hydrogens is 323 g/mol. The van der Waals surface area contributed by atoms with Gasteiger partial charge < -0.3 is 9.84 Å². The summed E-state index contributed by atoms with van der Waals surface area (Å²) in [5.74, 6) is -1.44. The highest BCUT2D eigenvalue weighted by atomic mass is 19.4. The van der Waals surface area contributed by atoms with E-state index in [1.165, 1.54) is 0 Å². The molecule has 0 bridgehead atoms. The van der Waals surface area contributed by atoms with Gasteiger partial charge in [0.1, 0.15) is 12.4 Å². The molecule has 0 radical (unpaired) electrons. The third kappa shape index (κ3) is 6.03. The molecule has 24 heavy (non-hydrogen) atoms. The molecule has 0 aliphatic carbocycles.